The molecule has 9 nitrogen and oxygen atoms in total. The quantitative estimate of drug-likeness (QED) is 0.437. The first kappa shape index (κ1) is 29.3. The minimum Gasteiger partial charge on any atom is -0.493 e. The Morgan fingerprint density at radius 3 is 2.32 bits per heavy atom. The fraction of sp³-hybridized carbons (Fsp3) is 0.500. The van der Waals surface area contributed by atoms with Gasteiger partial charge in [-0.3, -0.25) is 13.9 Å². The zero-order valence-corrected chi connectivity index (χ0v) is 23.7. The van der Waals surface area contributed by atoms with Gasteiger partial charge in [0.25, 0.3) is 0 Å². The first-order valence-electron chi connectivity index (χ1n) is 12.9. The highest BCUT2D eigenvalue weighted by atomic mass is 32.2. The van der Waals surface area contributed by atoms with E-state index in [4.69, 9.17) is 9.47 Å². The standard InChI is InChI=1S/C28H39N3O6S/c1-6-24(28(33)29-22-12-7-8-13-22)30(18-21-11-9-10-20(2)16-21)27(32)19-31(38(5,34)35)23-14-15-25(36-3)26(17-23)37-4/h9-11,14-17,22,24H,6-8,12-13,18-19H2,1-5H3,(H,29,33)/t24-/m1/s1. The topological polar surface area (TPSA) is 105 Å². The van der Waals surface area contributed by atoms with Gasteiger partial charge < -0.3 is 19.7 Å². The van der Waals surface area contributed by atoms with Crippen LogP contribution in [0.15, 0.2) is 42.5 Å². The van der Waals surface area contributed by atoms with Gasteiger partial charge in [0.2, 0.25) is 21.8 Å². The van der Waals surface area contributed by atoms with Crippen LogP contribution in [0.2, 0.25) is 0 Å². The first-order chi connectivity index (χ1) is 18.1. The number of nitrogens with one attached hydrogen (secondary N) is 1. The lowest BCUT2D eigenvalue weighted by Gasteiger charge is -2.33. The van der Waals surface area contributed by atoms with E-state index in [1.54, 1.807) is 12.1 Å². The van der Waals surface area contributed by atoms with Crippen LogP contribution in [0.3, 0.4) is 0 Å². The smallest absolute Gasteiger partial charge is 0.244 e. The number of carbonyl (C=O) groups is 2. The van der Waals surface area contributed by atoms with Gasteiger partial charge in [-0.2, -0.15) is 0 Å². The van der Waals surface area contributed by atoms with E-state index >= 15 is 0 Å². The van der Waals surface area contributed by atoms with Crippen LogP contribution in [-0.2, 0) is 26.2 Å². The highest BCUT2D eigenvalue weighted by molar-refractivity contribution is 7.92. The van der Waals surface area contributed by atoms with E-state index < -0.39 is 28.5 Å². The van der Waals surface area contributed by atoms with Crippen molar-refractivity contribution in [1.29, 1.82) is 0 Å². The highest BCUT2D eigenvalue weighted by Gasteiger charge is 2.33. The molecule has 0 spiro atoms. The van der Waals surface area contributed by atoms with Crippen molar-refractivity contribution in [2.45, 2.75) is 64.6 Å². The third-order valence-corrected chi connectivity index (χ3v) is 8.00. The number of rotatable bonds is 12. The van der Waals surface area contributed by atoms with Crippen molar-refractivity contribution >= 4 is 27.5 Å². The molecule has 0 aromatic heterocycles. The molecule has 0 unspecified atom stereocenters. The lowest BCUT2D eigenvalue weighted by atomic mass is 10.1. The molecule has 0 bridgehead atoms. The number of anilines is 1. The fourth-order valence-corrected chi connectivity index (χ4v) is 5.73. The summed E-state index contributed by atoms with van der Waals surface area (Å²) < 4.78 is 37.3. The molecule has 0 heterocycles. The van der Waals surface area contributed by atoms with Crippen LogP contribution >= 0.6 is 0 Å². The van der Waals surface area contributed by atoms with Gasteiger partial charge in [0.05, 0.1) is 26.2 Å². The average Bonchev–Trinajstić information content (AvgIpc) is 3.39. The Kier molecular flexibility index (Phi) is 10.0. The van der Waals surface area contributed by atoms with E-state index in [9.17, 15) is 18.0 Å². The van der Waals surface area contributed by atoms with Crippen LogP contribution < -0.4 is 19.1 Å². The summed E-state index contributed by atoms with van der Waals surface area (Å²) in [6.45, 7) is 3.54. The zero-order chi connectivity index (χ0) is 27.9. The van der Waals surface area contributed by atoms with E-state index in [0.717, 1.165) is 47.4 Å². The summed E-state index contributed by atoms with van der Waals surface area (Å²) in [5.74, 6) is 0.0920. The number of amides is 2. The summed E-state index contributed by atoms with van der Waals surface area (Å²) in [5, 5.41) is 3.11. The summed E-state index contributed by atoms with van der Waals surface area (Å²) in [6.07, 6.45) is 5.44. The average molecular weight is 546 g/mol. The Labute approximate surface area is 226 Å². The predicted molar refractivity (Wildman–Crippen MR) is 148 cm³/mol. The van der Waals surface area contributed by atoms with Crippen molar-refractivity contribution in [2.24, 2.45) is 0 Å². The van der Waals surface area contributed by atoms with E-state index in [1.807, 2.05) is 38.1 Å². The minimum atomic E-state index is -3.85. The normalized spacial score (nSPS) is 14.6. The molecule has 2 amide bonds. The van der Waals surface area contributed by atoms with Crippen molar-refractivity contribution in [2.75, 3.05) is 31.3 Å². The van der Waals surface area contributed by atoms with Crippen molar-refractivity contribution in [3.63, 3.8) is 0 Å². The van der Waals surface area contributed by atoms with Gasteiger partial charge in [-0.1, -0.05) is 49.6 Å². The molecule has 2 aromatic rings. The second-order valence-corrected chi connectivity index (χ2v) is 11.6. The Balaban J connectivity index is 1.95. The maximum atomic E-state index is 13.9. The predicted octanol–water partition coefficient (Wildman–Crippen LogP) is 3.64. The maximum absolute atomic E-state index is 13.9. The Bertz CT molecular complexity index is 1230. The molecular formula is C28H39N3O6S. The molecule has 3 rings (SSSR count). The van der Waals surface area contributed by atoms with Crippen LogP contribution in [0, 0.1) is 6.92 Å². The minimum absolute atomic E-state index is 0.103. The number of ether oxygens (including phenoxy) is 2. The number of nitrogens with zero attached hydrogens (tertiary/aromatic N) is 2. The highest BCUT2D eigenvalue weighted by Crippen LogP contribution is 2.32. The van der Waals surface area contributed by atoms with Crippen LogP contribution in [0.25, 0.3) is 0 Å². The van der Waals surface area contributed by atoms with Gasteiger partial charge in [0.1, 0.15) is 12.6 Å². The molecule has 1 saturated carbocycles. The second kappa shape index (κ2) is 13.0. The third-order valence-electron chi connectivity index (χ3n) is 6.86. The number of methoxy groups -OCH3 is 2. The number of hydrogen-bond acceptors (Lipinski definition) is 6. The van der Waals surface area contributed by atoms with E-state index in [1.165, 1.54) is 25.2 Å². The number of aryl methyl sites for hydroxylation is 1. The molecule has 1 fully saturated rings. The zero-order valence-electron chi connectivity index (χ0n) is 22.9. The van der Waals surface area contributed by atoms with Gasteiger partial charge in [-0.05, 0) is 43.9 Å². The summed E-state index contributed by atoms with van der Waals surface area (Å²) in [6, 6.07) is 11.8. The number of benzene rings is 2. The molecule has 0 aliphatic heterocycles. The number of sulfonamides is 1. The van der Waals surface area contributed by atoms with Crippen LogP contribution in [-0.4, -0.2) is 64.2 Å². The van der Waals surface area contributed by atoms with Crippen molar-refractivity contribution < 1.29 is 27.5 Å². The fourth-order valence-electron chi connectivity index (χ4n) is 4.89. The Morgan fingerprint density at radius 1 is 1.05 bits per heavy atom. The van der Waals surface area contributed by atoms with Crippen LogP contribution in [0.1, 0.15) is 50.2 Å². The Hall–Kier alpha value is -3.27. The van der Waals surface area contributed by atoms with E-state index in [2.05, 4.69) is 5.32 Å². The molecule has 1 N–H and O–H groups in total. The Morgan fingerprint density at radius 2 is 1.74 bits per heavy atom. The summed E-state index contributed by atoms with van der Waals surface area (Å²) in [5.41, 5.74) is 2.15. The van der Waals surface area contributed by atoms with Crippen molar-refractivity contribution in [1.82, 2.24) is 10.2 Å². The molecule has 2 aromatic carbocycles. The summed E-state index contributed by atoms with van der Waals surface area (Å²) in [4.78, 5) is 28.7. The van der Waals surface area contributed by atoms with Crippen molar-refractivity contribution in [3.05, 3.63) is 53.6 Å². The van der Waals surface area contributed by atoms with Gasteiger partial charge in [0, 0.05) is 18.7 Å². The largest absolute Gasteiger partial charge is 0.493 e. The summed E-state index contributed by atoms with van der Waals surface area (Å²) >= 11 is 0. The molecule has 1 aliphatic rings. The molecule has 0 radical (unpaired) electrons. The van der Waals surface area contributed by atoms with E-state index in [0.29, 0.717) is 17.9 Å². The molecule has 0 saturated heterocycles. The molecule has 10 heteroatoms. The molecular weight excluding hydrogens is 506 g/mol. The van der Waals surface area contributed by atoms with Gasteiger partial charge in [-0.15, -0.1) is 0 Å². The van der Waals surface area contributed by atoms with Crippen LogP contribution in [0.5, 0.6) is 11.5 Å². The molecule has 1 atom stereocenters. The van der Waals surface area contributed by atoms with Crippen molar-refractivity contribution in [3.8, 4) is 11.5 Å². The molecule has 208 valence electrons. The number of carbonyl (C=O) groups excluding carboxylic acids is 2. The second-order valence-electron chi connectivity index (χ2n) is 9.73. The van der Waals surface area contributed by atoms with Gasteiger partial charge in [-0.25, -0.2) is 8.42 Å². The summed E-state index contributed by atoms with van der Waals surface area (Å²) in [7, 11) is -0.913. The molecule has 38 heavy (non-hydrogen) atoms. The van der Waals surface area contributed by atoms with Gasteiger partial charge >= 0.3 is 0 Å². The number of hydrogen-bond donors (Lipinski definition) is 1. The lowest BCUT2D eigenvalue weighted by Crippen LogP contribution is -2.53. The van der Waals surface area contributed by atoms with E-state index in [-0.39, 0.29) is 24.2 Å². The van der Waals surface area contributed by atoms with Crippen LogP contribution in [0.4, 0.5) is 5.69 Å². The maximum Gasteiger partial charge on any atom is 0.244 e. The lowest BCUT2D eigenvalue weighted by molar-refractivity contribution is -0.140. The SMILES string of the molecule is CC[C@H](C(=O)NC1CCCC1)N(Cc1cccc(C)c1)C(=O)CN(c1ccc(OC)c(OC)c1)S(C)(=O)=O. The monoisotopic (exact) mass is 545 g/mol. The molecule has 1 aliphatic carbocycles. The third kappa shape index (κ3) is 7.40. The van der Waals surface area contributed by atoms with Gasteiger partial charge in [0.15, 0.2) is 11.5 Å². The first-order valence-corrected chi connectivity index (χ1v) is 14.8.